The molecule has 0 saturated heterocycles. The Labute approximate surface area is 88.1 Å². The largest absolute Gasteiger partial charge is 0.388 e. The van der Waals surface area contributed by atoms with Gasteiger partial charge in [-0.05, 0) is 18.4 Å². The third-order valence-electron chi connectivity index (χ3n) is 1.91. The molecular weight excluding hydrogens is 172 g/mol. The Morgan fingerprint density at radius 1 is 1.00 bits per heavy atom. The zero-order chi connectivity index (χ0) is 10.6. The van der Waals surface area contributed by atoms with Crippen LogP contribution < -0.4 is 0 Å². The Kier molecular flexibility index (Phi) is 9.66. The fraction of sp³-hybridized carbons (Fsp3) is 0.538. The SMILES string of the molecule is CCCCCc1ccccc1.COC. The molecule has 0 unspecified atom stereocenters. The quantitative estimate of drug-likeness (QED) is 0.664. The molecule has 0 spiro atoms. The third-order valence-corrected chi connectivity index (χ3v) is 1.91. The van der Waals surface area contributed by atoms with E-state index in [0.717, 1.165) is 0 Å². The molecular formula is C13H22O. The number of ether oxygens (including phenoxy) is 1. The van der Waals surface area contributed by atoms with Gasteiger partial charge < -0.3 is 4.74 Å². The maximum atomic E-state index is 4.25. The zero-order valence-corrected chi connectivity index (χ0v) is 9.62. The van der Waals surface area contributed by atoms with Crippen molar-refractivity contribution in [1.29, 1.82) is 0 Å². The minimum atomic E-state index is 1.24. The Balaban J connectivity index is 0.000000500. The van der Waals surface area contributed by atoms with E-state index in [1.807, 2.05) is 0 Å². The first kappa shape index (κ1) is 13.2. The predicted octanol–water partition coefficient (Wildman–Crippen LogP) is 3.68. The first-order chi connectivity index (χ1) is 6.85. The van der Waals surface area contributed by atoms with Gasteiger partial charge in [0.2, 0.25) is 0 Å². The third kappa shape index (κ3) is 7.81. The van der Waals surface area contributed by atoms with Crippen LogP contribution in [0.1, 0.15) is 31.7 Å². The maximum Gasteiger partial charge on any atom is 0.0351 e. The van der Waals surface area contributed by atoms with E-state index in [0.29, 0.717) is 0 Å². The fourth-order valence-corrected chi connectivity index (χ4v) is 1.22. The summed E-state index contributed by atoms with van der Waals surface area (Å²) in [5.41, 5.74) is 1.47. The molecule has 0 aromatic heterocycles. The number of unbranched alkanes of at least 4 members (excludes halogenated alkanes) is 2. The van der Waals surface area contributed by atoms with Crippen molar-refractivity contribution in [3.63, 3.8) is 0 Å². The molecule has 0 N–H and O–H groups in total. The van der Waals surface area contributed by atoms with Gasteiger partial charge in [0.05, 0.1) is 0 Å². The van der Waals surface area contributed by atoms with Crippen LogP contribution in [0.4, 0.5) is 0 Å². The van der Waals surface area contributed by atoms with Gasteiger partial charge in [-0.15, -0.1) is 0 Å². The molecule has 1 rings (SSSR count). The second-order valence-electron chi connectivity index (χ2n) is 3.35. The van der Waals surface area contributed by atoms with Crippen molar-refractivity contribution in [2.75, 3.05) is 14.2 Å². The molecule has 1 heteroatoms. The average Bonchev–Trinajstić information content (AvgIpc) is 2.21. The van der Waals surface area contributed by atoms with E-state index in [9.17, 15) is 0 Å². The van der Waals surface area contributed by atoms with E-state index in [4.69, 9.17) is 0 Å². The van der Waals surface area contributed by atoms with Crippen molar-refractivity contribution in [3.05, 3.63) is 35.9 Å². The number of benzene rings is 1. The normalized spacial score (nSPS) is 9.07. The van der Waals surface area contributed by atoms with E-state index >= 15 is 0 Å². The van der Waals surface area contributed by atoms with Gasteiger partial charge in [-0.1, -0.05) is 50.1 Å². The molecule has 0 aliphatic heterocycles. The Morgan fingerprint density at radius 3 is 2.07 bits per heavy atom. The number of hydrogen-bond donors (Lipinski definition) is 0. The van der Waals surface area contributed by atoms with Crippen LogP contribution in [0.5, 0.6) is 0 Å². The van der Waals surface area contributed by atoms with Gasteiger partial charge >= 0.3 is 0 Å². The summed E-state index contributed by atoms with van der Waals surface area (Å²) in [6, 6.07) is 10.7. The van der Waals surface area contributed by atoms with Crippen LogP contribution in [0.2, 0.25) is 0 Å². The summed E-state index contributed by atoms with van der Waals surface area (Å²) >= 11 is 0. The molecule has 0 heterocycles. The highest BCUT2D eigenvalue weighted by molar-refractivity contribution is 5.14. The molecule has 0 aliphatic carbocycles. The van der Waals surface area contributed by atoms with Crippen LogP contribution in [0.15, 0.2) is 30.3 Å². The lowest BCUT2D eigenvalue weighted by atomic mass is 10.1. The molecule has 1 aromatic rings. The minimum absolute atomic E-state index is 1.24. The highest BCUT2D eigenvalue weighted by Gasteiger charge is 1.89. The maximum absolute atomic E-state index is 4.25. The van der Waals surface area contributed by atoms with Crippen LogP contribution in [0.25, 0.3) is 0 Å². The summed E-state index contributed by atoms with van der Waals surface area (Å²) in [5.74, 6) is 0. The van der Waals surface area contributed by atoms with Gasteiger partial charge in [0.1, 0.15) is 0 Å². The van der Waals surface area contributed by atoms with E-state index in [2.05, 4.69) is 42.0 Å². The van der Waals surface area contributed by atoms with Crippen LogP contribution in [-0.2, 0) is 11.2 Å². The molecule has 0 aliphatic rings. The molecule has 0 atom stereocenters. The van der Waals surface area contributed by atoms with Gasteiger partial charge in [0.25, 0.3) is 0 Å². The Bertz CT molecular complexity index is 194. The Morgan fingerprint density at radius 2 is 1.57 bits per heavy atom. The molecule has 1 nitrogen and oxygen atoms in total. The van der Waals surface area contributed by atoms with E-state index in [1.165, 1.54) is 31.2 Å². The van der Waals surface area contributed by atoms with Gasteiger partial charge in [0, 0.05) is 14.2 Å². The van der Waals surface area contributed by atoms with Crippen LogP contribution in [0, 0.1) is 0 Å². The first-order valence-corrected chi connectivity index (χ1v) is 5.29. The van der Waals surface area contributed by atoms with E-state index in [-0.39, 0.29) is 0 Å². The molecule has 0 saturated carbocycles. The van der Waals surface area contributed by atoms with Crippen LogP contribution >= 0.6 is 0 Å². The smallest absolute Gasteiger partial charge is 0.0351 e. The lowest BCUT2D eigenvalue weighted by molar-refractivity contribution is 0.277. The number of rotatable bonds is 4. The minimum Gasteiger partial charge on any atom is -0.388 e. The molecule has 80 valence electrons. The van der Waals surface area contributed by atoms with Crippen molar-refractivity contribution in [2.45, 2.75) is 32.6 Å². The molecule has 0 amide bonds. The summed E-state index contributed by atoms with van der Waals surface area (Å²) in [6.45, 7) is 2.24. The topological polar surface area (TPSA) is 9.23 Å². The lowest BCUT2D eigenvalue weighted by Gasteiger charge is -1.98. The number of methoxy groups -OCH3 is 1. The van der Waals surface area contributed by atoms with E-state index < -0.39 is 0 Å². The van der Waals surface area contributed by atoms with Crippen molar-refractivity contribution < 1.29 is 4.74 Å². The summed E-state index contributed by atoms with van der Waals surface area (Å²) < 4.78 is 4.25. The predicted molar refractivity (Wildman–Crippen MR) is 62.6 cm³/mol. The fourth-order valence-electron chi connectivity index (χ4n) is 1.22. The molecule has 0 fully saturated rings. The number of aryl methyl sites for hydroxylation is 1. The van der Waals surface area contributed by atoms with Crippen molar-refractivity contribution in [1.82, 2.24) is 0 Å². The second kappa shape index (κ2) is 10.3. The van der Waals surface area contributed by atoms with Crippen LogP contribution in [-0.4, -0.2) is 14.2 Å². The second-order valence-corrected chi connectivity index (χ2v) is 3.35. The summed E-state index contributed by atoms with van der Waals surface area (Å²) in [7, 11) is 3.25. The van der Waals surface area contributed by atoms with E-state index in [1.54, 1.807) is 14.2 Å². The van der Waals surface area contributed by atoms with Gasteiger partial charge in [-0.25, -0.2) is 0 Å². The Hall–Kier alpha value is -0.820. The van der Waals surface area contributed by atoms with Crippen LogP contribution in [0.3, 0.4) is 0 Å². The van der Waals surface area contributed by atoms with Crippen molar-refractivity contribution >= 4 is 0 Å². The summed E-state index contributed by atoms with van der Waals surface area (Å²) in [6.07, 6.45) is 5.25. The summed E-state index contributed by atoms with van der Waals surface area (Å²) in [4.78, 5) is 0. The standard InChI is InChI=1S/C11H16.C2H6O/c1-2-3-5-8-11-9-6-4-7-10-11;1-3-2/h4,6-7,9-10H,2-3,5,8H2,1H3;1-2H3. The van der Waals surface area contributed by atoms with Crippen molar-refractivity contribution in [3.8, 4) is 0 Å². The average molecular weight is 194 g/mol. The van der Waals surface area contributed by atoms with Crippen molar-refractivity contribution in [2.24, 2.45) is 0 Å². The zero-order valence-electron chi connectivity index (χ0n) is 9.62. The summed E-state index contributed by atoms with van der Waals surface area (Å²) in [5, 5.41) is 0. The molecule has 1 aromatic carbocycles. The van der Waals surface area contributed by atoms with Gasteiger partial charge in [-0.3, -0.25) is 0 Å². The molecule has 0 bridgehead atoms. The number of hydrogen-bond acceptors (Lipinski definition) is 1. The van der Waals surface area contributed by atoms with Gasteiger partial charge in [0.15, 0.2) is 0 Å². The molecule has 0 radical (unpaired) electrons. The highest BCUT2D eigenvalue weighted by atomic mass is 16.4. The monoisotopic (exact) mass is 194 g/mol. The molecule has 14 heavy (non-hydrogen) atoms. The first-order valence-electron chi connectivity index (χ1n) is 5.29. The lowest BCUT2D eigenvalue weighted by Crippen LogP contribution is -1.83. The highest BCUT2D eigenvalue weighted by Crippen LogP contribution is 2.05. The van der Waals surface area contributed by atoms with Gasteiger partial charge in [-0.2, -0.15) is 0 Å².